The zero-order valence-corrected chi connectivity index (χ0v) is 17.7. The number of rotatable bonds is 5. The number of nitrogens with zero attached hydrogens (tertiary/aromatic N) is 2. The fraction of sp³-hybridized carbons (Fsp3) is 0.250. The Morgan fingerprint density at radius 3 is 2.37 bits per heavy atom. The van der Waals surface area contributed by atoms with Gasteiger partial charge < -0.3 is 0 Å². The normalized spacial score (nSPS) is 18.4. The maximum atomic E-state index is 13.3. The molecule has 1 saturated heterocycles. The quantitative estimate of drug-likeness (QED) is 0.645. The lowest BCUT2D eigenvalue weighted by Gasteiger charge is -2.14. The highest BCUT2D eigenvalue weighted by Gasteiger charge is 2.32. The maximum Gasteiger partial charge on any atom is 0.263 e. The molecule has 0 bridgehead atoms. The Morgan fingerprint density at radius 1 is 1.10 bits per heavy atom. The van der Waals surface area contributed by atoms with Crippen LogP contribution < -0.4 is 4.72 Å². The van der Waals surface area contributed by atoms with Crippen LogP contribution in [0.4, 0.5) is 10.2 Å². The van der Waals surface area contributed by atoms with Gasteiger partial charge in [0.15, 0.2) is 9.84 Å². The van der Waals surface area contributed by atoms with Crippen LogP contribution in [0.25, 0.3) is 11.3 Å². The number of aryl methyl sites for hydroxylation is 1. The molecule has 0 radical (unpaired) electrons. The van der Waals surface area contributed by atoms with Crippen LogP contribution in [-0.4, -0.2) is 38.1 Å². The summed E-state index contributed by atoms with van der Waals surface area (Å²) in [6, 6.07) is 13.1. The van der Waals surface area contributed by atoms with Gasteiger partial charge in [0, 0.05) is 11.6 Å². The van der Waals surface area contributed by atoms with Gasteiger partial charge in [-0.05, 0) is 49.7 Å². The maximum absolute atomic E-state index is 13.3. The number of benzene rings is 2. The number of aromatic nitrogens is 2. The second-order valence-corrected chi connectivity index (χ2v) is 11.3. The Labute approximate surface area is 174 Å². The molecule has 7 nitrogen and oxygen atoms in total. The molecule has 2 heterocycles. The van der Waals surface area contributed by atoms with E-state index in [1.54, 1.807) is 12.1 Å². The van der Waals surface area contributed by atoms with Gasteiger partial charge in [0.1, 0.15) is 11.6 Å². The third-order valence-electron chi connectivity index (χ3n) is 5.00. The third kappa shape index (κ3) is 4.24. The Bertz CT molecular complexity index is 1280. The zero-order valence-electron chi connectivity index (χ0n) is 16.1. The van der Waals surface area contributed by atoms with Gasteiger partial charge >= 0.3 is 0 Å². The molecule has 0 unspecified atom stereocenters. The first kappa shape index (κ1) is 20.5. The van der Waals surface area contributed by atoms with Crippen molar-refractivity contribution < 1.29 is 21.2 Å². The van der Waals surface area contributed by atoms with Crippen molar-refractivity contribution in [1.29, 1.82) is 0 Å². The van der Waals surface area contributed by atoms with Crippen molar-refractivity contribution in [2.75, 3.05) is 16.2 Å². The van der Waals surface area contributed by atoms with Crippen LogP contribution in [0.1, 0.15) is 18.0 Å². The average molecular weight is 450 g/mol. The van der Waals surface area contributed by atoms with Crippen LogP contribution in [0, 0.1) is 12.7 Å². The van der Waals surface area contributed by atoms with Crippen molar-refractivity contribution in [2.24, 2.45) is 0 Å². The largest absolute Gasteiger partial charge is 0.264 e. The Morgan fingerprint density at radius 2 is 1.77 bits per heavy atom. The molecule has 1 atom stereocenters. The lowest BCUT2D eigenvalue weighted by atomic mass is 10.1. The smallest absolute Gasteiger partial charge is 0.263 e. The second-order valence-electron chi connectivity index (χ2n) is 7.34. The molecule has 1 aliphatic rings. The molecule has 0 aliphatic carbocycles. The van der Waals surface area contributed by atoms with E-state index in [9.17, 15) is 21.2 Å². The minimum absolute atomic E-state index is 0.0214. The Balaban J connectivity index is 1.75. The minimum atomic E-state index is -3.91. The number of halogens is 1. The van der Waals surface area contributed by atoms with Crippen LogP contribution >= 0.6 is 0 Å². The lowest BCUT2D eigenvalue weighted by Crippen LogP contribution is -2.20. The van der Waals surface area contributed by atoms with Crippen LogP contribution in [0.3, 0.4) is 0 Å². The van der Waals surface area contributed by atoms with Gasteiger partial charge in [0.25, 0.3) is 10.0 Å². The molecule has 3 aromatic rings. The molecule has 2 aromatic carbocycles. The molecule has 0 amide bonds. The minimum Gasteiger partial charge on any atom is -0.264 e. The Kier molecular flexibility index (Phi) is 5.15. The summed E-state index contributed by atoms with van der Waals surface area (Å²) >= 11 is 0. The molecule has 1 fully saturated rings. The number of anilines is 1. The number of hydrogen-bond acceptors (Lipinski definition) is 5. The first-order valence-corrected chi connectivity index (χ1v) is 12.6. The fourth-order valence-corrected chi connectivity index (χ4v) is 6.13. The van der Waals surface area contributed by atoms with E-state index >= 15 is 0 Å². The third-order valence-corrected chi connectivity index (χ3v) is 8.12. The number of sulfonamides is 1. The summed E-state index contributed by atoms with van der Waals surface area (Å²) in [6.45, 7) is 1.86. The van der Waals surface area contributed by atoms with E-state index < -0.39 is 31.7 Å². The molecule has 0 spiro atoms. The predicted molar refractivity (Wildman–Crippen MR) is 112 cm³/mol. The highest BCUT2D eigenvalue weighted by molar-refractivity contribution is 7.92. The van der Waals surface area contributed by atoms with Crippen molar-refractivity contribution in [3.05, 3.63) is 66.0 Å². The first-order valence-electron chi connectivity index (χ1n) is 9.28. The van der Waals surface area contributed by atoms with E-state index in [0.717, 1.165) is 5.56 Å². The van der Waals surface area contributed by atoms with E-state index in [-0.39, 0.29) is 22.2 Å². The number of hydrogen-bond donors (Lipinski definition) is 1. The van der Waals surface area contributed by atoms with Crippen molar-refractivity contribution >= 4 is 25.7 Å². The van der Waals surface area contributed by atoms with E-state index in [1.165, 1.54) is 47.1 Å². The van der Waals surface area contributed by atoms with Gasteiger partial charge in [-0.1, -0.05) is 17.7 Å². The van der Waals surface area contributed by atoms with Crippen LogP contribution in [0.15, 0.2) is 59.5 Å². The Hall–Kier alpha value is -2.72. The zero-order chi connectivity index (χ0) is 21.5. The van der Waals surface area contributed by atoms with Gasteiger partial charge in [-0.3, -0.25) is 4.72 Å². The summed E-state index contributed by atoms with van der Waals surface area (Å²) in [4.78, 5) is 0.0863. The topological polar surface area (TPSA) is 98.1 Å². The van der Waals surface area contributed by atoms with Gasteiger partial charge in [0.05, 0.1) is 28.1 Å². The molecular weight excluding hydrogens is 429 g/mol. The summed E-state index contributed by atoms with van der Waals surface area (Å²) in [7, 11) is -7.12. The van der Waals surface area contributed by atoms with E-state index in [1.807, 2.05) is 6.92 Å². The SMILES string of the molecule is Cc1ccc(S(=O)(=O)Nc2cc(-c3ccc(F)cc3)nn2[C@H]2CCS(=O)(=O)C2)cc1. The summed E-state index contributed by atoms with van der Waals surface area (Å²) in [5.74, 6) is -0.331. The summed E-state index contributed by atoms with van der Waals surface area (Å²) < 4.78 is 66.9. The van der Waals surface area contributed by atoms with Crippen molar-refractivity contribution in [1.82, 2.24) is 9.78 Å². The van der Waals surface area contributed by atoms with E-state index in [4.69, 9.17) is 0 Å². The van der Waals surface area contributed by atoms with Crippen LogP contribution in [-0.2, 0) is 19.9 Å². The van der Waals surface area contributed by atoms with Crippen molar-refractivity contribution in [3.8, 4) is 11.3 Å². The highest BCUT2D eigenvalue weighted by atomic mass is 32.2. The van der Waals surface area contributed by atoms with Crippen LogP contribution in [0.5, 0.6) is 0 Å². The van der Waals surface area contributed by atoms with Gasteiger partial charge in [-0.25, -0.2) is 25.9 Å². The number of nitrogens with one attached hydrogen (secondary N) is 1. The molecule has 1 aliphatic heterocycles. The van der Waals surface area contributed by atoms with Crippen molar-refractivity contribution in [2.45, 2.75) is 24.3 Å². The summed E-state index contributed by atoms with van der Waals surface area (Å²) in [5, 5.41) is 4.45. The first-order chi connectivity index (χ1) is 14.1. The number of sulfone groups is 1. The van der Waals surface area contributed by atoms with E-state index in [0.29, 0.717) is 17.7 Å². The lowest BCUT2D eigenvalue weighted by molar-refractivity contribution is 0.507. The fourth-order valence-electron chi connectivity index (χ4n) is 3.39. The molecule has 10 heteroatoms. The molecule has 30 heavy (non-hydrogen) atoms. The molecule has 1 N–H and O–H groups in total. The van der Waals surface area contributed by atoms with Crippen LogP contribution in [0.2, 0.25) is 0 Å². The predicted octanol–water partition coefficient (Wildman–Crippen LogP) is 3.16. The van der Waals surface area contributed by atoms with Gasteiger partial charge in [-0.15, -0.1) is 0 Å². The van der Waals surface area contributed by atoms with Gasteiger partial charge in [0.2, 0.25) is 0 Å². The van der Waals surface area contributed by atoms with E-state index in [2.05, 4.69) is 9.82 Å². The molecule has 1 aromatic heterocycles. The molecular formula is C20H20FN3O4S2. The molecule has 4 rings (SSSR count). The summed E-state index contributed by atoms with van der Waals surface area (Å²) in [5.41, 5.74) is 1.93. The monoisotopic (exact) mass is 449 g/mol. The second kappa shape index (κ2) is 7.51. The molecule has 0 saturated carbocycles. The van der Waals surface area contributed by atoms with Crippen molar-refractivity contribution in [3.63, 3.8) is 0 Å². The average Bonchev–Trinajstić information content (AvgIpc) is 3.25. The van der Waals surface area contributed by atoms with Gasteiger partial charge in [-0.2, -0.15) is 5.10 Å². The standard InChI is InChI=1S/C20H20FN3O4S2/c1-14-2-8-18(9-3-14)30(27,28)23-20-12-19(15-4-6-16(21)7-5-15)22-24(20)17-10-11-29(25,26)13-17/h2-9,12,17,23H,10-11,13H2,1H3/t17-/m0/s1. The molecule has 158 valence electrons. The summed E-state index contributed by atoms with van der Waals surface area (Å²) in [6.07, 6.45) is 0.339. The highest BCUT2D eigenvalue weighted by Crippen LogP contribution is 2.31.